The number of carboxylic acids is 1. The molecular weight excluding hydrogens is 356 g/mol. The zero-order valence-electron chi connectivity index (χ0n) is 16.5. The molecule has 2 aromatic heterocycles. The lowest BCUT2D eigenvalue weighted by Gasteiger charge is -2.13. The molecule has 0 saturated carbocycles. The third-order valence-electron chi connectivity index (χ3n) is 5.15. The van der Waals surface area contributed by atoms with Crippen LogP contribution >= 0.6 is 0 Å². The van der Waals surface area contributed by atoms with Crippen LogP contribution in [0.25, 0.3) is 16.6 Å². The Bertz CT molecular complexity index is 1030. The maximum atomic E-state index is 12.2. The van der Waals surface area contributed by atoms with Gasteiger partial charge in [-0.1, -0.05) is 25.5 Å². The number of hydrogen-bond acceptors (Lipinski definition) is 4. The summed E-state index contributed by atoms with van der Waals surface area (Å²) in [6.07, 6.45) is 2.15. The molecular formula is C21H26N4O3. The van der Waals surface area contributed by atoms with Crippen molar-refractivity contribution in [2.24, 2.45) is 5.92 Å². The van der Waals surface area contributed by atoms with Crippen LogP contribution in [-0.2, 0) is 16.0 Å². The fourth-order valence-electron chi connectivity index (χ4n) is 3.56. The second-order valence-corrected chi connectivity index (χ2v) is 7.14. The van der Waals surface area contributed by atoms with E-state index in [9.17, 15) is 14.7 Å². The number of nitrogens with zero attached hydrogens (tertiary/aromatic N) is 3. The lowest BCUT2D eigenvalue weighted by atomic mass is 10.0. The summed E-state index contributed by atoms with van der Waals surface area (Å²) < 4.78 is 1.84. The van der Waals surface area contributed by atoms with Crippen molar-refractivity contribution in [3.63, 3.8) is 0 Å². The second-order valence-electron chi connectivity index (χ2n) is 7.14. The van der Waals surface area contributed by atoms with Gasteiger partial charge in [-0.3, -0.25) is 9.59 Å². The third-order valence-corrected chi connectivity index (χ3v) is 5.15. The van der Waals surface area contributed by atoms with E-state index in [2.05, 4.69) is 10.4 Å². The average molecular weight is 382 g/mol. The maximum Gasteiger partial charge on any atom is 0.308 e. The Morgan fingerprint density at radius 3 is 2.71 bits per heavy atom. The van der Waals surface area contributed by atoms with Crippen LogP contribution in [-0.4, -0.2) is 38.1 Å². The largest absolute Gasteiger partial charge is 0.481 e. The molecule has 0 aliphatic heterocycles. The number of carbonyl (C=O) groups excluding carboxylic acids is 1. The highest BCUT2D eigenvalue weighted by Crippen LogP contribution is 2.22. The van der Waals surface area contributed by atoms with Crippen molar-refractivity contribution in [2.45, 2.75) is 46.5 Å². The van der Waals surface area contributed by atoms with Crippen LogP contribution in [0.15, 0.2) is 24.3 Å². The molecule has 7 nitrogen and oxygen atoms in total. The molecule has 1 amide bonds. The van der Waals surface area contributed by atoms with Gasteiger partial charge >= 0.3 is 5.97 Å². The number of aromatic nitrogens is 3. The van der Waals surface area contributed by atoms with E-state index < -0.39 is 11.9 Å². The number of hydrogen-bond donors (Lipinski definition) is 2. The molecule has 28 heavy (non-hydrogen) atoms. The fourth-order valence-corrected chi connectivity index (χ4v) is 3.56. The van der Waals surface area contributed by atoms with Gasteiger partial charge in [0.05, 0.1) is 11.4 Å². The molecule has 2 N–H and O–H groups in total. The first-order chi connectivity index (χ1) is 13.4. The molecule has 3 rings (SSSR count). The summed E-state index contributed by atoms with van der Waals surface area (Å²) in [7, 11) is 0. The normalized spacial score (nSPS) is 12.4. The summed E-state index contributed by atoms with van der Waals surface area (Å²) in [5.74, 6) is -1.55. The van der Waals surface area contributed by atoms with Gasteiger partial charge < -0.3 is 10.4 Å². The molecule has 0 aliphatic rings. The first kappa shape index (κ1) is 19.8. The first-order valence-corrected chi connectivity index (χ1v) is 9.65. The number of aryl methyl sites for hydroxylation is 2. The minimum atomic E-state index is -0.866. The van der Waals surface area contributed by atoms with E-state index in [1.807, 2.05) is 49.6 Å². The summed E-state index contributed by atoms with van der Waals surface area (Å²) in [5, 5.41) is 17.6. The number of carboxylic acid groups (broad SMARTS) is 1. The predicted octanol–water partition coefficient (Wildman–Crippen LogP) is 3.05. The number of benzene rings is 1. The zero-order chi connectivity index (χ0) is 20.3. The van der Waals surface area contributed by atoms with Crippen molar-refractivity contribution >= 4 is 28.4 Å². The minimum absolute atomic E-state index is 0.146. The van der Waals surface area contributed by atoms with E-state index >= 15 is 0 Å². The highest BCUT2D eigenvalue weighted by atomic mass is 16.4. The van der Waals surface area contributed by atoms with Gasteiger partial charge in [0.2, 0.25) is 5.91 Å². The highest BCUT2D eigenvalue weighted by Gasteiger charge is 2.18. The number of rotatable bonds is 8. The van der Waals surface area contributed by atoms with Crippen LogP contribution < -0.4 is 5.32 Å². The molecule has 0 aliphatic carbocycles. The number of aliphatic carboxylic acids is 1. The molecule has 148 valence electrons. The van der Waals surface area contributed by atoms with Crippen molar-refractivity contribution < 1.29 is 14.7 Å². The van der Waals surface area contributed by atoms with Gasteiger partial charge in [0.1, 0.15) is 0 Å². The summed E-state index contributed by atoms with van der Waals surface area (Å²) in [4.78, 5) is 28.1. The van der Waals surface area contributed by atoms with Gasteiger partial charge in [-0.05, 0) is 44.4 Å². The van der Waals surface area contributed by atoms with E-state index in [4.69, 9.17) is 4.98 Å². The maximum absolute atomic E-state index is 12.2. The SMILES string of the molecule is CCCC(CNC(=O)CCc1c(C)nc2c3ccccc3nn2c1C)C(=O)O. The summed E-state index contributed by atoms with van der Waals surface area (Å²) in [6.45, 7) is 6.04. The van der Waals surface area contributed by atoms with Gasteiger partial charge in [0, 0.05) is 29.7 Å². The van der Waals surface area contributed by atoms with E-state index in [-0.39, 0.29) is 18.9 Å². The van der Waals surface area contributed by atoms with Gasteiger partial charge in [-0.2, -0.15) is 5.10 Å². The monoisotopic (exact) mass is 382 g/mol. The van der Waals surface area contributed by atoms with Crippen LogP contribution in [0.3, 0.4) is 0 Å². The van der Waals surface area contributed by atoms with Crippen molar-refractivity contribution in [2.75, 3.05) is 6.54 Å². The molecule has 7 heteroatoms. The summed E-state index contributed by atoms with van der Waals surface area (Å²) in [5.41, 5.74) is 4.57. The lowest BCUT2D eigenvalue weighted by Crippen LogP contribution is -2.33. The first-order valence-electron chi connectivity index (χ1n) is 9.65. The Balaban J connectivity index is 1.73. The number of amides is 1. The Morgan fingerprint density at radius 2 is 2.00 bits per heavy atom. The quantitative estimate of drug-likeness (QED) is 0.624. The average Bonchev–Trinajstić information content (AvgIpc) is 3.03. The Hall–Kier alpha value is -2.96. The number of carbonyl (C=O) groups is 2. The van der Waals surface area contributed by atoms with Crippen LogP contribution in [0.2, 0.25) is 0 Å². The molecule has 1 aromatic carbocycles. The van der Waals surface area contributed by atoms with Crippen LogP contribution in [0.4, 0.5) is 0 Å². The molecule has 2 heterocycles. The molecule has 0 fully saturated rings. The van der Waals surface area contributed by atoms with Crippen molar-refractivity contribution in [1.82, 2.24) is 19.9 Å². The Morgan fingerprint density at radius 1 is 1.25 bits per heavy atom. The number of nitrogens with one attached hydrogen (secondary N) is 1. The van der Waals surface area contributed by atoms with Gasteiger partial charge in [-0.15, -0.1) is 0 Å². The highest BCUT2D eigenvalue weighted by molar-refractivity contribution is 5.92. The van der Waals surface area contributed by atoms with E-state index in [0.29, 0.717) is 12.8 Å². The van der Waals surface area contributed by atoms with Crippen molar-refractivity contribution in [1.29, 1.82) is 0 Å². The van der Waals surface area contributed by atoms with Gasteiger partial charge in [-0.25, -0.2) is 9.50 Å². The molecule has 0 bridgehead atoms. The number of fused-ring (bicyclic) bond motifs is 3. The van der Waals surface area contributed by atoms with Gasteiger partial charge in [0.15, 0.2) is 5.65 Å². The molecule has 1 unspecified atom stereocenters. The molecule has 0 radical (unpaired) electrons. The minimum Gasteiger partial charge on any atom is -0.481 e. The molecule has 0 spiro atoms. The van der Waals surface area contributed by atoms with Crippen LogP contribution in [0.5, 0.6) is 0 Å². The Labute approximate surface area is 163 Å². The van der Waals surface area contributed by atoms with E-state index in [0.717, 1.165) is 39.9 Å². The lowest BCUT2D eigenvalue weighted by molar-refractivity contribution is -0.141. The van der Waals surface area contributed by atoms with E-state index in [1.165, 1.54) is 0 Å². The Kier molecular flexibility index (Phi) is 5.92. The summed E-state index contributed by atoms with van der Waals surface area (Å²) >= 11 is 0. The molecule has 3 aromatic rings. The fraction of sp³-hybridized carbons (Fsp3) is 0.429. The van der Waals surface area contributed by atoms with E-state index in [1.54, 1.807) is 0 Å². The van der Waals surface area contributed by atoms with Crippen molar-refractivity contribution in [3.05, 3.63) is 41.2 Å². The zero-order valence-corrected chi connectivity index (χ0v) is 16.5. The van der Waals surface area contributed by atoms with Gasteiger partial charge in [0.25, 0.3) is 0 Å². The van der Waals surface area contributed by atoms with Crippen LogP contribution in [0.1, 0.15) is 43.1 Å². The standard InChI is InChI=1S/C21H26N4O3/c1-4-7-15(21(27)28)12-22-19(26)11-10-16-13(2)23-20-17-8-5-6-9-18(17)24-25(20)14(16)3/h5-6,8-9,15H,4,7,10-12H2,1-3H3,(H,22,26)(H,27,28). The smallest absolute Gasteiger partial charge is 0.308 e. The summed E-state index contributed by atoms with van der Waals surface area (Å²) in [6, 6.07) is 7.88. The third kappa shape index (κ3) is 3.98. The predicted molar refractivity (Wildman–Crippen MR) is 107 cm³/mol. The molecule has 1 atom stereocenters. The second kappa shape index (κ2) is 8.37. The topological polar surface area (TPSA) is 96.6 Å². The van der Waals surface area contributed by atoms with Crippen molar-refractivity contribution in [3.8, 4) is 0 Å². The molecule has 0 saturated heterocycles. The van der Waals surface area contributed by atoms with Crippen LogP contribution in [0, 0.1) is 19.8 Å².